The van der Waals surface area contributed by atoms with Gasteiger partial charge in [0, 0.05) is 22.7 Å². The molecular weight excluding hydrogens is 372 g/mol. The number of fused-ring (bicyclic) bond motifs is 1. The van der Waals surface area contributed by atoms with E-state index in [0.717, 1.165) is 40.4 Å². The van der Waals surface area contributed by atoms with E-state index in [9.17, 15) is 4.79 Å². The van der Waals surface area contributed by atoms with Gasteiger partial charge in [-0.25, -0.2) is 0 Å². The number of halogens is 1. The summed E-state index contributed by atoms with van der Waals surface area (Å²) in [5.41, 5.74) is 4.76. The maximum Gasteiger partial charge on any atom is 0.163 e. The van der Waals surface area contributed by atoms with Crippen molar-refractivity contribution in [3.63, 3.8) is 0 Å². The zero-order valence-corrected chi connectivity index (χ0v) is 15.9. The van der Waals surface area contributed by atoms with E-state index in [-0.39, 0.29) is 17.7 Å². The number of hydrogen-bond acceptors (Lipinski definition) is 4. The summed E-state index contributed by atoms with van der Waals surface area (Å²) < 4.78 is 5.67. The lowest BCUT2D eigenvalue weighted by Crippen LogP contribution is -2.26. The number of carbonyl (C=O) groups is 1. The minimum Gasteiger partial charge on any atom is -0.467 e. The topological polar surface area (TPSA) is 54.3 Å². The highest BCUT2D eigenvalue weighted by molar-refractivity contribution is 6.30. The first-order chi connectivity index (χ1) is 13.7. The fourth-order valence-electron chi connectivity index (χ4n) is 4.13. The van der Waals surface area contributed by atoms with E-state index in [1.165, 1.54) is 0 Å². The molecular formula is C23H19ClN2O2. The van der Waals surface area contributed by atoms with Crippen LogP contribution in [0.5, 0.6) is 0 Å². The molecule has 0 spiro atoms. The summed E-state index contributed by atoms with van der Waals surface area (Å²) in [6, 6.07) is 19.3. The first-order valence-electron chi connectivity index (χ1n) is 9.37. The molecule has 28 heavy (non-hydrogen) atoms. The number of nitrogens with one attached hydrogen (secondary N) is 2. The normalized spacial score (nSPS) is 21.2. The van der Waals surface area contributed by atoms with Crippen LogP contribution in [0.2, 0.25) is 5.02 Å². The molecule has 5 rings (SSSR count). The van der Waals surface area contributed by atoms with Crippen molar-refractivity contribution in [2.45, 2.75) is 24.8 Å². The van der Waals surface area contributed by atoms with Crippen LogP contribution in [0.1, 0.15) is 36.1 Å². The van der Waals surface area contributed by atoms with E-state index >= 15 is 0 Å². The molecule has 140 valence electrons. The van der Waals surface area contributed by atoms with Gasteiger partial charge >= 0.3 is 0 Å². The van der Waals surface area contributed by atoms with Crippen LogP contribution in [0, 0.1) is 0 Å². The van der Waals surface area contributed by atoms with Crippen LogP contribution >= 0.6 is 11.6 Å². The molecule has 1 aliphatic carbocycles. The number of para-hydroxylation sites is 2. The highest BCUT2D eigenvalue weighted by Crippen LogP contribution is 2.44. The van der Waals surface area contributed by atoms with Crippen molar-refractivity contribution in [2.75, 3.05) is 10.6 Å². The highest BCUT2D eigenvalue weighted by atomic mass is 35.5. The standard InChI is InChI=1S/C23H19ClN2O2/c24-16-9-7-14(8-10-16)15-12-19-22(20(27)13-15)23(21-6-3-11-28-21)26-18-5-2-1-4-17(18)25-19/h1-11,15,23,25-26H,12-13H2/t15-,23-/m1/s1. The fraction of sp³-hybridized carbons (Fsp3) is 0.174. The van der Waals surface area contributed by atoms with Crippen LogP contribution in [0.25, 0.3) is 0 Å². The van der Waals surface area contributed by atoms with E-state index < -0.39 is 0 Å². The van der Waals surface area contributed by atoms with Crippen LogP contribution in [-0.4, -0.2) is 5.78 Å². The zero-order valence-electron chi connectivity index (χ0n) is 15.1. The number of rotatable bonds is 2. The quantitative estimate of drug-likeness (QED) is 0.570. The van der Waals surface area contributed by atoms with Crippen molar-refractivity contribution in [3.8, 4) is 0 Å². The zero-order chi connectivity index (χ0) is 19.1. The number of allylic oxidation sites excluding steroid dienone is 1. The SMILES string of the molecule is O=C1C[C@H](c2ccc(Cl)cc2)CC2=C1[C@@H](c1ccco1)Nc1ccccc1N2. The monoisotopic (exact) mass is 390 g/mol. The van der Waals surface area contributed by atoms with E-state index in [4.69, 9.17) is 16.0 Å². The van der Waals surface area contributed by atoms with Gasteiger partial charge in [0.25, 0.3) is 0 Å². The number of furan rings is 1. The lowest BCUT2D eigenvalue weighted by atomic mass is 9.79. The van der Waals surface area contributed by atoms with Gasteiger partial charge in [-0.1, -0.05) is 35.9 Å². The Hall–Kier alpha value is -2.98. The highest BCUT2D eigenvalue weighted by Gasteiger charge is 2.37. The van der Waals surface area contributed by atoms with Crippen molar-refractivity contribution >= 4 is 28.8 Å². The van der Waals surface area contributed by atoms with Gasteiger partial charge in [0.2, 0.25) is 0 Å². The van der Waals surface area contributed by atoms with Gasteiger partial charge in [-0.3, -0.25) is 4.79 Å². The Bertz CT molecular complexity index is 1050. The molecule has 2 aromatic carbocycles. The molecule has 2 heterocycles. The van der Waals surface area contributed by atoms with E-state index in [1.807, 2.05) is 60.7 Å². The molecule has 2 aliphatic rings. The Morgan fingerprint density at radius 2 is 1.71 bits per heavy atom. The average Bonchev–Trinajstić information content (AvgIpc) is 3.17. The first kappa shape index (κ1) is 17.1. The maximum absolute atomic E-state index is 13.3. The second kappa shape index (κ2) is 6.88. The lowest BCUT2D eigenvalue weighted by molar-refractivity contribution is -0.116. The molecule has 1 aliphatic heterocycles. The van der Waals surface area contributed by atoms with Crippen molar-refractivity contribution in [3.05, 3.63) is 94.5 Å². The lowest BCUT2D eigenvalue weighted by Gasteiger charge is -2.29. The van der Waals surface area contributed by atoms with Crippen molar-refractivity contribution in [1.29, 1.82) is 0 Å². The minimum absolute atomic E-state index is 0.124. The number of anilines is 2. The van der Waals surface area contributed by atoms with Crippen LogP contribution in [0.15, 0.2) is 82.6 Å². The molecule has 0 saturated heterocycles. The first-order valence-corrected chi connectivity index (χ1v) is 9.74. The van der Waals surface area contributed by atoms with Gasteiger partial charge in [0.05, 0.1) is 17.6 Å². The van der Waals surface area contributed by atoms with Gasteiger partial charge in [0.1, 0.15) is 11.8 Å². The van der Waals surface area contributed by atoms with Gasteiger partial charge in [-0.2, -0.15) is 0 Å². The van der Waals surface area contributed by atoms with Crippen LogP contribution < -0.4 is 10.6 Å². The largest absolute Gasteiger partial charge is 0.467 e. The number of Topliss-reactive ketones (excluding diaryl/α,β-unsaturated/α-hetero) is 1. The third-order valence-corrected chi connectivity index (χ3v) is 5.73. The number of carbonyl (C=O) groups excluding carboxylic acids is 1. The molecule has 0 bridgehead atoms. The average molecular weight is 391 g/mol. The summed E-state index contributed by atoms with van der Waals surface area (Å²) in [7, 11) is 0. The summed E-state index contributed by atoms with van der Waals surface area (Å²) in [5, 5.41) is 7.73. The summed E-state index contributed by atoms with van der Waals surface area (Å²) >= 11 is 6.04. The number of ketones is 1. The Balaban J connectivity index is 1.59. The van der Waals surface area contributed by atoms with Crippen molar-refractivity contribution in [1.82, 2.24) is 0 Å². The van der Waals surface area contributed by atoms with Crippen molar-refractivity contribution < 1.29 is 9.21 Å². The Morgan fingerprint density at radius 3 is 2.46 bits per heavy atom. The molecule has 3 aromatic rings. The molecule has 0 amide bonds. The van der Waals surface area contributed by atoms with Crippen LogP contribution in [0.4, 0.5) is 11.4 Å². The van der Waals surface area contributed by atoms with E-state index in [2.05, 4.69) is 10.6 Å². The molecule has 2 N–H and O–H groups in total. The molecule has 2 atom stereocenters. The van der Waals surface area contributed by atoms with Crippen LogP contribution in [0.3, 0.4) is 0 Å². The van der Waals surface area contributed by atoms with Gasteiger partial charge in [-0.05, 0) is 54.3 Å². The Labute approximate surface area is 168 Å². The maximum atomic E-state index is 13.3. The summed E-state index contributed by atoms with van der Waals surface area (Å²) in [5.74, 6) is 0.998. The van der Waals surface area contributed by atoms with Crippen LogP contribution in [-0.2, 0) is 4.79 Å². The summed E-state index contributed by atoms with van der Waals surface area (Å²) in [6.45, 7) is 0. The molecule has 0 radical (unpaired) electrons. The predicted molar refractivity (Wildman–Crippen MR) is 111 cm³/mol. The number of hydrogen-bond donors (Lipinski definition) is 2. The second-order valence-corrected chi connectivity index (χ2v) is 7.67. The molecule has 4 nitrogen and oxygen atoms in total. The third-order valence-electron chi connectivity index (χ3n) is 5.48. The van der Waals surface area contributed by atoms with Gasteiger partial charge in [0.15, 0.2) is 5.78 Å². The molecule has 0 unspecified atom stereocenters. The third kappa shape index (κ3) is 3.00. The summed E-state index contributed by atoms with van der Waals surface area (Å²) in [4.78, 5) is 13.3. The predicted octanol–water partition coefficient (Wildman–Crippen LogP) is 5.91. The molecule has 0 fully saturated rings. The molecule has 5 heteroatoms. The second-order valence-electron chi connectivity index (χ2n) is 7.24. The smallest absolute Gasteiger partial charge is 0.163 e. The van der Waals surface area contributed by atoms with E-state index in [0.29, 0.717) is 11.4 Å². The molecule has 1 aromatic heterocycles. The fourth-order valence-corrected chi connectivity index (χ4v) is 4.26. The van der Waals surface area contributed by atoms with Gasteiger partial charge in [-0.15, -0.1) is 0 Å². The number of benzene rings is 2. The van der Waals surface area contributed by atoms with Crippen molar-refractivity contribution in [2.24, 2.45) is 0 Å². The van der Waals surface area contributed by atoms with Gasteiger partial charge < -0.3 is 15.1 Å². The van der Waals surface area contributed by atoms with E-state index in [1.54, 1.807) is 6.26 Å². The molecule has 0 saturated carbocycles. The summed E-state index contributed by atoms with van der Waals surface area (Å²) in [6.07, 6.45) is 2.87. The Kier molecular flexibility index (Phi) is 4.21. The Morgan fingerprint density at radius 1 is 0.929 bits per heavy atom. The minimum atomic E-state index is -0.306.